The molecular weight excluding hydrogens is 363 g/mol. The molecular formula is C18H20Cl2N2O3. The van der Waals surface area contributed by atoms with Crippen molar-refractivity contribution in [1.29, 1.82) is 0 Å². The van der Waals surface area contributed by atoms with Crippen LogP contribution in [0.2, 0.25) is 10.0 Å². The van der Waals surface area contributed by atoms with E-state index in [4.69, 9.17) is 32.7 Å². The molecule has 1 heterocycles. The van der Waals surface area contributed by atoms with Gasteiger partial charge in [-0.1, -0.05) is 23.2 Å². The second-order valence-electron chi connectivity index (χ2n) is 6.27. The molecule has 0 fully saturated rings. The summed E-state index contributed by atoms with van der Waals surface area (Å²) < 4.78 is 11.0. The van der Waals surface area contributed by atoms with Gasteiger partial charge in [-0.3, -0.25) is 4.79 Å². The molecule has 0 unspecified atom stereocenters. The number of halogens is 2. The van der Waals surface area contributed by atoms with Crippen molar-refractivity contribution < 1.29 is 14.3 Å². The number of anilines is 1. The molecule has 1 aromatic heterocycles. The number of aromatic nitrogens is 1. The third-order valence-electron chi connectivity index (χ3n) is 3.04. The van der Waals surface area contributed by atoms with E-state index in [1.165, 1.54) is 6.20 Å². The van der Waals surface area contributed by atoms with Gasteiger partial charge in [0.25, 0.3) is 5.91 Å². The Bertz CT molecular complexity index is 728. The zero-order valence-corrected chi connectivity index (χ0v) is 15.8. The van der Waals surface area contributed by atoms with E-state index >= 15 is 0 Å². The number of nitrogens with one attached hydrogen (secondary N) is 1. The SMILES string of the molecule is CC(C)(C)OCCOc1ccc(C(=O)Nc2cc(Cl)ccc2Cl)cn1. The van der Waals surface area contributed by atoms with Crippen LogP contribution in [0, 0.1) is 0 Å². The van der Waals surface area contributed by atoms with E-state index in [0.29, 0.717) is 40.4 Å². The first-order chi connectivity index (χ1) is 11.7. The van der Waals surface area contributed by atoms with Gasteiger partial charge in [-0.15, -0.1) is 0 Å². The Kier molecular flexibility index (Phi) is 6.64. The van der Waals surface area contributed by atoms with Crippen LogP contribution in [0.25, 0.3) is 0 Å². The maximum Gasteiger partial charge on any atom is 0.257 e. The summed E-state index contributed by atoms with van der Waals surface area (Å²) in [7, 11) is 0. The molecule has 0 saturated heterocycles. The highest BCUT2D eigenvalue weighted by Crippen LogP contribution is 2.26. The number of amides is 1. The number of nitrogens with zero attached hydrogens (tertiary/aromatic N) is 1. The summed E-state index contributed by atoms with van der Waals surface area (Å²) in [6, 6.07) is 8.11. The topological polar surface area (TPSA) is 60.5 Å². The highest BCUT2D eigenvalue weighted by Gasteiger charge is 2.11. The molecule has 0 aliphatic carbocycles. The Morgan fingerprint density at radius 2 is 1.92 bits per heavy atom. The third kappa shape index (κ3) is 6.53. The monoisotopic (exact) mass is 382 g/mol. The van der Waals surface area contributed by atoms with Crippen molar-refractivity contribution >= 4 is 34.8 Å². The van der Waals surface area contributed by atoms with Crippen molar-refractivity contribution in [3.63, 3.8) is 0 Å². The molecule has 0 aliphatic heterocycles. The van der Waals surface area contributed by atoms with Gasteiger partial charge in [-0.25, -0.2) is 4.98 Å². The highest BCUT2D eigenvalue weighted by molar-refractivity contribution is 6.35. The standard InChI is InChI=1S/C18H20Cl2N2O3/c1-18(2,3)25-9-8-24-16-7-4-12(11-21-16)17(23)22-15-10-13(19)5-6-14(15)20/h4-7,10-11H,8-9H2,1-3H3,(H,22,23). The van der Waals surface area contributed by atoms with E-state index in [-0.39, 0.29) is 11.5 Å². The fourth-order valence-electron chi connectivity index (χ4n) is 1.88. The molecule has 2 rings (SSSR count). The van der Waals surface area contributed by atoms with Crippen LogP contribution in [0.4, 0.5) is 5.69 Å². The van der Waals surface area contributed by atoms with E-state index in [1.54, 1.807) is 30.3 Å². The van der Waals surface area contributed by atoms with Crippen LogP contribution in [0.3, 0.4) is 0 Å². The van der Waals surface area contributed by atoms with Crippen molar-refractivity contribution in [1.82, 2.24) is 4.98 Å². The predicted octanol–water partition coefficient (Wildman–Crippen LogP) is 4.83. The van der Waals surface area contributed by atoms with E-state index in [9.17, 15) is 4.79 Å². The van der Waals surface area contributed by atoms with Crippen LogP contribution in [-0.4, -0.2) is 29.7 Å². The summed E-state index contributed by atoms with van der Waals surface area (Å²) in [5.41, 5.74) is 0.619. The van der Waals surface area contributed by atoms with Crippen LogP contribution in [-0.2, 0) is 4.74 Å². The Labute approximate surface area is 157 Å². The van der Waals surface area contributed by atoms with Crippen LogP contribution < -0.4 is 10.1 Å². The van der Waals surface area contributed by atoms with Crippen LogP contribution in [0.15, 0.2) is 36.5 Å². The van der Waals surface area contributed by atoms with Crippen molar-refractivity contribution in [2.45, 2.75) is 26.4 Å². The van der Waals surface area contributed by atoms with Gasteiger partial charge in [0, 0.05) is 17.3 Å². The number of rotatable bonds is 6. The van der Waals surface area contributed by atoms with Gasteiger partial charge in [0.15, 0.2) is 0 Å². The van der Waals surface area contributed by atoms with Gasteiger partial charge in [0.1, 0.15) is 6.61 Å². The summed E-state index contributed by atoms with van der Waals surface area (Å²) in [5, 5.41) is 3.59. The average Bonchev–Trinajstić information content (AvgIpc) is 2.54. The fourth-order valence-corrected chi connectivity index (χ4v) is 2.22. The van der Waals surface area contributed by atoms with E-state index in [0.717, 1.165) is 0 Å². The summed E-state index contributed by atoms with van der Waals surface area (Å²) in [6.45, 7) is 6.77. The molecule has 0 bridgehead atoms. The second kappa shape index (κ2) is 8.52. The van der Waals surface area contributed by atoms with Crippen molar-refractivity contribution in [2.24, 2.45) is 0 Å². The first kappa shape index (κ1) is 19.5. The number of carbonyl (C=O) groups is 1. The summed E-state index contributed by atoms with van der Waals surface area (Å²) in [4.78, 5) is 16.4. The first-order valence-corrected chi connectivity index (χ1v) is 8.49. The normalized spacial score (nSPS) is 11.2. The van der Waals surface area contributed by atoms with Gasteiger partial charge >= 0.3 is 0 Å². The smallest absolute Gasteiger partial charge is 0.257 e. The Morgan fingerprint density at radius 3 is 2.56 bits per heavy atom. The minimum absolute atomic E-state index is 0.208. The van der Waals surface area contributed by atoms with Crippen molar-refractivity contribution in [2.75, 3.05) is 18.5 Å². The number of pyridine rings is 1. The lowest BCUT2D eigenvalue weighted by molar-refractivity contribution is -0.0168. The Hall–Kier alpha value is -1.82. The van der Waals surface area contributed by atoms with E-state index < -0.39 is 0 Å². The number of hydrogen-bond donors (Lipinski definition) is 1. The van der Waals surface area contributed by atoms with Gasteiger partial charge in [-0.05, 0) is 45.0 Å². The minimum atomic E-state index is -0.334. The predicted molar refractivity (Wildman–Crippen MR) is 99.9 cm³/mol. The van der Waals surface area contributed by atoms with Crippen molar-refractivity contribution in [3.05, 3.63) is 52.1 Å². The molecule has 1 amide bonds. The fraction of sp³-hybridized carbons (Fsp3) is 0.333. The first-order valence-electron chi connectivity index (χ1n) is 7.74. The molecule has 134 valence electrons. The molecule has 2 aromatic rings. The van der Waals surface area contributed by atoms with Crippen LogP contribution in [0.5, 0.6) is 5.88 Å². The Balaban J connectivity index is 1.90. The summed E-state index contributed by atoms with van der Waals surface area (Å²) >= 11 is 11.9. The van der Waals surface area contributed by atoms with Crippen molar-refractivity contribution in [3.8, 4) is 5.88 Å². The molecule has 0 aliphatic rings. The zero-order chi connectivity index (χ0) is 18.4. The maximum absolute atomic E-state index is 12.2. The van der Waals surface area contributed by atoms with Gasteiger partial charge in [0.2, 0.25) is 5.88 Å². The lowest BCUT2D eigenvalue weighted by Gasteiger charge is -2.19. The average molecular weight is 383 g/mol. The molecule has 1 aromatic carbocycles. The highest BCUT2D eigenvalue weighted by atomic mass is 35.5. The number of hydrogen-bond acceptors (Lipinski definition) is 4. The van der Waals surface area contributed by atoms with E-state index in [2.05, 4.69) is 10.3 Å². The molecule has 0 radical (unpaired) electrons. The lowest BCUT2D eigenvalue weighted by Crippen LogP contribution is -2.22. The summed E-state index contributed by atoms with van der Waals surface area (Å²) in [5.74, 6) is 0.0918. The van der Waals surface area contributed by atoms with Gasteiger partial charge in [-0.2, -0.15) is 0 Å². The molecule has 1 N–H and O–H groups in total. The van der Waals surface area contributed by atoms with Crippen LogP contribution >= 0.6 is 23.2 Å². The largest absolute Gasteiger partial charge is 0.475 e. The second-order valence-corrected chi connectivity index (χ2v) is 7.12. The number of carbonyl (C=O) groups excluding carboxylic acids is 1. The maximum atomic E-state index is 12.2. The minimum Gasteiger partial charge on any atom is -0.475 e. The summed E-state index contributed by atoms with van der Waals surface area (Å²) in [6.07, 6.45) is 1.44. The lowest BCUT2D eigenvalue weighted by atomic mass is 10.2. The molecule has 25 heavy (non-hydrogen) atoms. The number of ether oxygens (including phenoxy) is 2. The quantitative estimate of drug-likeness (QED) is 0.726. The van der Waals surface area contributed by atoms with Gasteiger partial charge < -0.3 is 14.8 Å². The molecule has 0 atom stereocenters. The number of benzene rings is 1. The molecule has 5 nitrogen and oxygen atoms in total. The van der Waals surface area contributed by atoms with E-state index in [1.807, 2.05) is 20.8 Å². The third-order valence-corrected chi connectivity index (χ3v) is 3.61. The zero-order valence-electron chi connectivity index (χ0n) is 14.3. The van der Waals surface area contributed by atoms with Crippen LogP contribution in [0.1, 0.15) is 31.1 Å². The molecule has 0 saturated carbocycles. The molecule has 7 heteroatoms. The molecule has 0 spiro atoms. The Morgan fingerprint density at radius 1 is 1.16 bits per heavy atom. The van der Waals surface area contributed by atoms with Gasteiger partial charge in [0.05, 0.1) is 28.5 Å².